The topological polar surface area (TPSA) is 65.8 Å². The lowest BCUT2D eigenvalue weighted by atomic mass is 9.80. The Morgan fingerprint density at radius 1 is 0.967 bits per heavy atom. The molecule has 0 aromatic heterocycles. The van der Waals surface area contributed by atoms with E-state index in [9.17, 15) is 4.79 Å². The Labute approximate surface area is 180 Å². The summed E-state index contributed by atoms with van der Waals surface area (Å²) in [7, 11) is 0. The van der Waals surface area contributed by atoms with Crippen LogP contribution in [0.1, 0.15) is 30.0 Å². The molecule has 30 heavy (non-hydrogen) atoms. The van der Waals surface area contributed by atoms with Gasteiger partial charge in [0.1, 0.15) is 11.3 Å². The molecule has 6 heteroatoms. The number of nitrogens with zero attached hydrogens (tertiary/aromatic N) is 2. The first-order valence-electron chi connectivity index (χ1n) is 9.64. The number of carbonyl (C=O) groups excluding carboxylic acids is 1. The van der Waals surface area contributed by atoms with Gasteiger partial charge in [0.2, 0.25) is 0 Å². The lowest BCUT2D eigenvalue weighted by Crippen LogP contribution is -2.38. The van der Waals surface area contributed by atoms with Gasteiger partial charge < -0.3 is 0 Å². The van der Waals surface area contributed by atoms with E-state index in [1.807, 2.05) is 79.7 Å². The lowest BCUT2D eigenvalue weighted by molar-refractivity contribution is -0.114. The Kier molecular flexibility index (Phi) is 5.63. The van der Waals surface area contributed by atoms with Crippen LogP contribution in [0.15, 0.2) is 95.1 Å². The fourth-order valence-electron chi connectivity index (χ4n) is 3.52. The Hall–Kier alpha value is -3.44. The molecule has 5 nitrogen and oxygen atoms in total. The van der Waals surface area contributed by atoms with Crippen molar-refractivity contribution >= 4 is 28.9 Å². The van der Waals surface area contributed by atoms with Crippen molar-refractivity contribution in [1.29, 1.82) is 0 Å². The van der Waals surface area contributed by atoms with Crippen LogP contribution >= 0.6 is 11.6 Å². The molecule has 1 aliphatic rings. The van der Waals surface area contributed by atoms with E-state index in [1.165, 1.54) is 0 Å². The van der Waals surface area contributed by atoms with Crippen molar-refractivity contribution in [2.75, 3.05) is 0 Å². The van der Waals surface area contributed by atoms with E-state index in [-0.39, 0.29) is 5.91 Å². The van der Waals surface area contributed by atoms with Crippen LogP contribution in [-0.2, 0) is 10.3 Å². The molecular weight excluding hydrogens is 396 g/mol. The number of nitrogens with one attached hydrogen (secondary N) is 2. The summed E-state index contributed by atoms with van der Waals surface area (Å²) in [5.41, 5.74) is 9.31. The summed E-state index contributed by atoms with van der Waals surface area (Å²) >= 11 is 5.93. The fraction of sp³-hybridized carbons (Fsp3) is 0.125. The van der Waals surface area contributed by atoms with Gasteiger partial charge in [0.05, 0.1) is 5.71 Å². The molecule has 2 N–H and O–H groups in total. The van der Waals surface area contributed by atoms with E-state index in [4.69, 9.17) is 11.6 Å². The van der Waals surface area contributed by atoms with Crippen LogP contribution in [0.25, 0.3) is 0 Å². The zero-order chi connectivity index (χ0) is 21.0. The number of benzene rings is 3. The van der Waals surface area contributed by atoms with Gasteiger partial charge in [0.25, 0.3) is 5.91 Å². The molecule has 0 saturated carbocycles. The number of hydrogen-bond donors (Lipinski definition) is 2. The smallest absolute Gasteiger partial charge is 0.287 e. The Morgan fingerprint density at radius 2 is 1.53 bits per heavy atom. The van der Waals surface area contributed by atoms with Crippen LogP contribution in [0.5, 0.6) is 0 Å². The van der Waals surface area contributed by atoms with E-state index in [0.717, 1.165) is 16.7 Å². The number of rotatable bonds is 5. The van der Waals surface area contributed by atoms with Crippen LogP contribution < -0.4 is 10.9 Å². The summed E-state index contributed by atoms with van der Waals surface area (Å²) in [6.07, 6.45) is 0.419. The van der Waals surface area contributed by atoms with Crippen molar-refractivity contribution in [2.24, 2.45) is 10.2 Å². The normalized spacial score (nSPS) is 15.3. The van der Waals surface area contributed by atoms with Gasteiger partial charge >= 0.3 is 0 Å². The largest absolute Gasteiger partial charge is 0.294 e. The van der Waals surface area contributed by atoms with Crippen LogP contribution in [0.3, 0.4) is 0 Å². The summed E-state index contributed by atoms with van der Waals surface area (Å²) in [6, 6.07) is 27.3. The minimum Gasteiger partial charge on any atom is -0.294 e. The van der Waals surface area contributed by atoms with Gasteiger partial charge in [-0.05, 0) is 35.7 Å². The highest BCUT2D eigenvalue weighted by molar-refractivity contribution is 6.39. The van der Waals surface area contributed by atoms with Crippen LogP contribution in [0.4, 0.5) is 0 Å². The highest BCUT2D eigenvalue weighted by atomic mass is 35.5. The zero-order valence-corrected chi connectivity index (χ0v) is 17.2. The molecule has 0 radical (unpaired) electrons. The highest BCUT2D eigenvalue weighted by Crippen LogP contribution is 2.36. The number of hydrazone groups is 2. The van der Waals surface area contributed by atoms with E-state index in [0.29, 0.717) is 22.9 Å². The fourth-order valence-corrected chi connectivity index (χ4v) is 3.65. The minimum absolute atomic E-state index is 0.329. The first kappa shape index (κ1) is 19.9. The highest BCUT2D eigenvalue weighted by Gasteiger charge is 2.41. The summed E-state index contributed by atoms with van der Waals surface area (Å²) < 4.78 is 0. The molecule has 1 heterocycles. The summed E-state index contributed by atoms with van der Waals surface area (Å²) in [6.45, 7) is 1.83. The summed E-state index contributed by atoms with van der Waals surface area (Å²) in [5.74, 6) is -0.329. The van der Waals surface area contributed by atoms with Crippen molar-refractivity contribution < 1.29 is 4.79 Å². The Balaban J connectivity index is 1.54. The van der Waals surface area contributed by atoms with Crippen molar-refractivity contribution in [3.8, 4) is 0 Å². The number of hydrogen-bond acceptors (Lipinski definition) is 4. The van der Waals surface area contributed by atoms with Gasteiger partial charge in [-0.15, -0.1) is 0 Å². The molecule has 1 amide bonds. The van der Waals surface area contributed by atoms with Crippen molar-refractivity contribution in [3.05, 3.63) is 107 Å². The summed E-state index contributed by atoms with van der Waals surface area (Å²) in [4.78, 5) is 12.8. The van der Waals surface area contributed by atoms with Gasteiger partial charge in [-0.25, -0.2) is 5.43 Å². The predicted molar refractivity (Wildman–Crippen MR) is 121 cm³/mol. The van der Waals surface area contributed by atoms with E-state index < -0.39 is 5.54 Å². The average Bonchev–Trinajstić information content (AvgIpc) is 3.26. The maximum absolute atomic E-state index is 12.8. The van der Waals surface area contributed by atoms with Gasteiger partial charge in [0.15, 0.2) is 0 Å². The van der Waals surface area contributed by atoms with Crippen LogP contribution in [0.2, 0.25) is 5.02 Å². The lowest BCUT2D eigenvalue weighted by Gasteiger charge is -2.30. The molecule has 0 aliphatic carbocycles. The molecule has 0 atom stereocenters. The second kappa shape index (κ2) is 8.51. The monoisotopic (exact) mass is 416 g/mol. The van der Waals surface area contributed by atoms with Crippen LogP contribution in [0, 0.1) is 0 Å². The van der Waals surface area contributed by atoms with Crippen molar-refractivity contribution in [3.63, 3.8) is 0 Å². The van der Waals surface area contributed by atoms with Crippen LogP contribution in [-0.4, -0.2) is 17.3 Å². The molecule has 0 saturated heterocycles. The molecule has 3 aromatic carbocycles. The minimum atomic E-state index is -0.593. The third-order valence-electron chi connectivity index (χ3n) is 5.20. The standard InChI is InChI=1S/C24H21ClN4O/c1-17(18-12-14-21(25)15-13-18)26-28-23(30)22-16-24(29-27-22,19-8-4-2-5-9-19)20-10-6-3-7-11-20/h2-15,29H,16H2,1H3,(H,28,30)/b26-17-. The quantitative estimate of drug-likeness (QED) is 0.476. The Morgan fingerprint density at radius 3 is 2.10 bits per heavy atom. The van der Waals surface area contributed by atoms with E-state index in [2.05, 4.69) is 21.1 Å². The maximum Gasteiger partial charge on any atom is 0.287 e. The average molecular weight is 417 g/mol. The Bertz CT molecular complexity index is 1050. The molecule has 4 rings (SSSR count). The second-order valence-corrected chi connectivity index (χ2v) is 7.57. The maximum atomic E-state index is 12.8. The number of carbonyl (C=O) groups is 1. The van der Waals surface area contributed by atoms with Gasteiger partial charge in [-0.1, -0.05) is 84.4 Å². The molecule has 150 valence electrons. The van der Waals surface area contributed by atoms with Gasteiger partial charge in [-0.2, -0.15) is 10.2 Å². The van der Waals surface area contributed by atoms with E-state index in [1.54, 1.807) is 12.1 Å². The second-order valence-electron chi connectivity index (χ2n) is 7.13. The number of amides is 1. The molecule has 0 fully saturated rings. The third kappa shape index (κ3) is 3.98. The summed E-state index contributed by atoms with van der Waals surface area (Å²) in [5, 5.41) is 9.25. The molecule has 0 bridgehead atoms. The predicted octanol–water partition coefficient (Wildman–Crippen LogP) is 4.47. The SMILES string of the molecule is C/C(=N/NC(=O)C1=NNC(c2ccccc2)(c2ccccc2)C1)c1ccc(Cl)cc1. The molecule has 1 aliphatic heterocycles. The van der Waals surface area contributed by atoms with Crippen molar-refractivity contribution in [1.82, 2.24) is 10.9 Å². The molecule has 3 aromatic rings. The molecular formula is C24H21ClN4O. The van der Waals surface area contributed by atoms with E-state index >= 15 is 0 Å². The first-order chi connectivity index (χ1) is 14.6. The van der Waals surface area contributed by atoms with Crippen molar-refractivity contribution in [2.45, 2.75) is 18.9 Å². The zero-order valence-electron chi connectivity index (χ0n) is 16.5. The van der Waals surface area contributed by atoms with Gasteiger partial charge in [-0.3, -0.25) is 10.2 Å². The molecule has 0 spiro atoms. The molecule has 0 unspecified atom stereocenters. The third-order valence-corrected chi connectivity index (χ3v) is 5.45. The number of halogens is 1. The first-order valence-corrected chi connectivity index (χ1v) is 10.0. The van der Waals surface area contributed by atoms with Gasteiger partial charge in [0, 0.05) is 11.4 Å².